The zero-order chi connectivity index (χ0) is 18.1. The molecule has 7 heteroatoms. The molecular weight excluding hydrogens is 326 g/mol. The Morgan fingerprint density at radius 1 is 1.19 bits per heavy atom. The smallest absolute Gasteiger partial charge is 0.157 e. The topological polar surface area (TPSA) is 130 Å². The van der Waals surface area contributed by atoms with Crippen LogP contribution in [0, 0.1) is 5.41 Å². The van der Waals surface area contributed by atoms with Crippen molar-refractivity contribution in [2.75, 3.05) is 0 Å². The van der Waals surface area contributed by atoms with Gasteiger partial charge in [0.05, 0.1) is 23.1 Å². The molecule has 0 aliphatic rings. The fourth-order valence-corrected chi connectivity index (χ4v) is 2.83. The number of hydrogen-bond acceptors (Lipinski definition) is 6. The highest BCUT2D eigenvalue weighted by atomic mass is 14.9. The van der Waals surface area contributed by atoms with Crippen molar-refractivity contribution in [2.24, 2.45) is 11.5 Å². The number of pyridine rings is 1. The minimum Gasteiger partial charge on any atom is -0.403 e. The van der Waals surface area contributed by atoms with E-state index in [1.807, 2.05) is 24.3 Å². The summed E-state index contributed by atoms with van der Waals surface area (Å²) in [5.41, 5.74) is 16.6. The SMILES string of the molecule is N=C(/C=C\Cc1ccc2[nH]c3nc4cnccc4nc3c2c1)C(N)=CN. The van der Waals surface area contributed by atoms with Crippen LogP contribution in [-0.2, 0) is 6.42 Å². The summed E-state index contributed by atoms with van der Waals surface area (Å²) >= 11 is 0. The number of H-pyrrole nitrogens is 1. The van der Waals surface area contributed by atoms with Crippen LogP contribution in [0.3, 0.4) is 0 Å². The molecule has 3 aromatic heterocycles. The van der Waals surface area contributed by atoms with E-state index in [2.05, 4.69) is 21.0 Å². The fourth-order valence-electron chi connectivity index (χ4n) is 2.83. The highest BCUT2D eigenvalue weighted by Crippen LogP contribution is 2.25. The summed E-state index contributed by atoms with van der Waals surface area (Å²) in [5, 5.41) is 8.78. The first kappa shape index (κ1) is 15.8. The monoisotopic (exact) mass is 343 g/mol. The van der Waals surface area contributed by atoms with E-state index in [-0.39, 0.29) is 11.4 Å². The van der Waals surface area contributed by atoms with Gasteiger partial charge in [0.2, 0.25) is 0 Å². The van der Waals surface area contributed by atoms with Crippen molar-refractivity contribution < 1.29 is 0 Å². The normalized spacial score (nSPS) is 12.5. The number of nitrogens with one attached hydrogen (secondary N) is 2. The zero-order valence-electron chi connectivity index (χ0n) is 13.9. The van der Waals surface area contributed by atoms with Crippen LogP contribution >= 0.6 is 0 Å². The Kier molecular flexibility index (Phi) is 3.81. The van der Waals surface area contributed by atoms with Crippen molar-refractivity contribution >= 4 is 38.8 Å². The summed E-state index contributed by atoms with van der Waals surface area (Å²) < 4.78 is 0. The first-order chi connectivity index (χ1) is 12.7. The van der Waals surface area contributed by atoms with Crippen molar-refractivity contribution in [2.45, 2.75) is 6.42 Å². The van der Waals surface area contributed by atoms with E-state index >= 15 is 0 Å². The van der Waals surface area contributed by atoms with E-state index < -0.39 is 0 Å². The maximum absolute atomic E-state index is 7.76. The Hall–Kier alpha value is -3.74. The summed E-state index contributed by atoms with van der Waals surface area (Å²) in [6, 6.07) is 8.00. The number of fused-ring (bicyclic) bond motifs is 4. The molecule has 6 N–H and O–H groups in total. The van der Waals surface area contributed by atoms with Crippen molar-refractivity contribution in [1.29, 1.82) is 5.41 Å². The predicted octanol–water partition coefficient (Wildman–Crippen LogP) is 2.54. The molecule has 0 aliphatic heterocycles. The summed E-state index contributed by atoms with van der Waals surface area (Å²) in [6.45, 7) is 0. The molecule has 0 amide bonds. The Bertz CT molecular complexity index is 1200. The molecule has 4 rings (SSSR count). The number of nitrogens with two attached hydrogens (primary N) is 2. The van der Waals surface area contributed by atoms with Gasteiger partial charge in [0, 0.05) is 23.3 Å². The summed E-state index contributed by atoms with van der Waals surface area (Å²) in [6.07, 6.45) is 8.86. The minimum absolute atomic E-state index is 0.201. The van der Waals surface area contributed by atoms with Crippen LogP contribution in [0.1, 0.15) is 5.56 Å². The van der Waals surface area contributed by atoms with Gasteiger partial charge in [0.15, 0.2) is 5.65 Å². The van der Waals surface area contributed by atoms with E-state index in [0.717, 1.165) is 38.7 Å². The molecule has 0 spiro atoms. The Morgan fingerprint density at radius 3 is 2.92 bits per heavy atom. The summed E-state index contributed by atoms with van der Waals surface area (Å²) in [7, 11) is 0. The van der Waals surface area contributed by atoms with Crippen molar-refractivity contribution in [3.05, 3.63) is 66.3 Å². The molecule has 0 fully saturated rings. The molecule has 4 aromatic rings. The third kappa shape index (κ3) is 2.75. The van der Waals surface area contributed by atoms with Gasteiger partial charge in [-0.2, -0.15) is 0 Å². The molecule has 0 atom stereocenters. The number of aromatic nitrogens is 4. The second kappa shape index (κ2) is 6.29. The van der Waals surface area contributed by atoms with E-state index in [9.17, 15) is 0 Å². The lowest BCUT2D eigenvalue weighted by Gasteiger charge is -1.99. The van der Waals surface area contributed by atoms with E-state index in [1.54, 1.807) is 18.5 Å². The van der Waals surface area contributed by atoms with Gasteiger partial charge in [-0.3, -0.25) is 10.4 Å². The number of allylic oxidation sites excluding steroid dienone is 2. The molecule has 0 aliphatic carbocycles. The maximum Gasteiger partial charge on any atom is 0.157 e. The van der Waals surface area contributed by atoms with E-state index in [1.165, 1.54) is 6.20 Å². The van der Waals surface area contributed by atoms with Crippen LogP contribution in [0.5, 0.6) is 0 Å². The van der Waals surface area contributed by atoms with Crippen LogP contribution in [0.25, 0.3) is 33.1 Å². The fraction of sp³-hybridized carbons (Fsp3) is 0.0526. The average molecular weight is 343 g/mol. The molecule has 26 heavy (non-hydrogen) atoms. The first-order valence-electron chi connectivity index (χ1n) is 8.10. The van der Waals surface area contributed by atoms with Gasteiger partial charge >= 0.3 is 0 Å². The Balaban J connectivity index is 1.72. The van der Waals surface area contributed by atoms with Crippen LogP contribution in [-0.4, -0.2) is 25.6 Å². The molecule has 0 saturated carbocycles. The zero-order valence-corrected chi connectivity index (χ0v) is 13.9. The Morgan fingerprint density at radius 2 is 2.08 bits per heavy atom. The third-order valence-corrected chi connectivity index (χ3v) is 4.19. The lowest BCUT2D eigenvalue weighted by atomic mass is 10.1. The molecule has 0 saturated heterocycles. The van der Waals surface area contributed by atoms with Gasteiger partial charge < -0.3 is 16.5 Å². The van der Waals surface area contributed by atoms with E-state index in [4.69, 9.17) is 21.9 Å². The average Bonchev–Trinajstić information content (AvgIpc) is 3.02. The molecule has 3 heterocycles. The van der Waals surface area contributed by atoms with Gasteiger partial charge in [0.1, 0.15) is 11.0 Å². The van der Waals surface area contributed by atoms with Crippen molar-refractivity contribution in [3.8, 4) is 0 Å². The second-order valence-corrected chi connectivity index (χ2v) is 5.93. The van der Waals surface area contributed by atoms with Crippen LogP contribution in [0.15, 0.2) is 60.7 Å². The molecule has 0 radical (unpaired) electrons. The molecular formula is C19H17N7. The van der Waals surface area contributed by atoms with Gasteiger partial charge in [-0.05, 0) is 36.3 Å². The number of nitrogens with zero attached hydrogens (tertiary/aromatic N) is 3. The predicted molar refractivity (Wildman–Crippen MR) is 104 cm³/mol. The van der Waals surface area contributed by atoms with Gasteiger partial charge in [-0.1, -0.05) is 12.1 Å². The van der Waals surface area contributed by atoms with Gasteiger partial charge in [-0.25, -0.2) is 9.97 Å². The largest absolute Gasteiger partial charge is 0.403 e. The molecule has 0 unspecified atom stereocenters. The highest BCUT2D eigenvalue weighted by molar-refractivity contribution is 6.06. The first-order valence-corrected chi connectivity index (χ1v) is 8.10. The summed E-state index contributed by atoms with van der Waals surface area (Å²) in [4.78, 5) is 16.7. The van der Waals surface area contributed by atoms with Gasteiger partial charge in [0.25, 0.3) is 0 Å². The molecule has 7 nitrogen and oxygen atoms in total. The number of aromatic amines is 1. The Labute approximate surface area is 149 Å². The third-order valence-electron chi connectivity index (χ3n) is 4.19. The van der Waals surface area contributed by atoms with Crippen LogP contribution in [0.4, 0.5) is 0 Å². The number of benzene rings is 1. The molecule has 0 bridgehead atoms. The number of hydrogen-bond donors (Lipinski definition) is 4. The minimum atomic E-state index is 0.201. The van der Waals surface area contributed by atoms with Crippen molar-refractivity contribution in [1.82, 2.24) is 19.9 Å². The quantitative estimate of drug-likeness (QED) is 0.423. The lowest BCUT2D eigenvalue weighted by molar-refractivity contribution is 1.28. The number of rotatable bonds is 4. The summed E-state index contributed by atoms with van der Waals surface area (Å²) in [5.74, 6) is 0. The maximum atomic E-state index is 7.76. The van der Waals surface area contributed by atoms with Crippen LogP contribution < -0.4 is 11.5 Å². The van der Waals surface area contributed by atoms with Gasteiger partial charge in [-0.15, -0.1) is 0 Å². The molecule has 1 aromatic carbocycles. The second-order valence-electron chi connectivity index (χ2n) is 5.93. The molecule has 128 valence electrons. The standard InChI is InChI=1S/C19H17N7/c20-9-14(22)13(21)3-1-2-11-4-5-15-12(8-11)18-19(25-15)26-17-10-23-7-6-16(17)24-18/h1,3-10,21H,2,20,22H2,(H,25,26)/b3-1-,14-9?,21-13?. The van der Waals surface area contributed by atoms with Crippen molar-refractivity contribution in [3.63, 3.8) is 0 Å². The lowest BCUT2D eigenvalue weighted by Crippen LogP contribution is -2.09. The van der Waals surface area contributed by atoms with E-state index in [0.29, 0.717) is 6.42 Å². The van der Waals surface area contributed by atoms with Crippen LogP contribution in [0.2, 0.25) is 0 Å². The highest BCUT2D eigenvalue weighted by Gasteiger charge is 2.09.